The highest BCUT2D eigenvalue weighted by Gasteiger charge is 2.19. The van der Waals surface area contributed by atoms with E-state index in [9.17, 15) is 9.59 Å². The van der Waals surface area contributed by atoms with Crippen LogP contribution >= 0.6 is 0 Å². The lowest BCUT2D eigenvalue weighted by Crippen LogP contribution is -2.40. The van der Waals surface area contributed by atoms with Crippen molar-refractivity contribution in [2.75, 3.05) is 0 Å². The number of alkyl carbamates (subject to hydrolysis) is 1. The Labute approximate surface area is 201 Å². The molecule has 0 fully saturated rings. The van der Waals surface area contributed by atoms with Crippen molar-refractivity contribution in [2.24, 2.45) is 0 Å². The van der Waals surface area contributed by atoms with Gasteiger partial charge in [0.2, 0.25) is 0 Å². The summed E-state index contributed by atoms with van der Waals surface area (Å²) in [5, 5.41) is 2.50. The number of aromatic nitrogens is 1. The molecule has 1 atom stereocenters. The number of nitrogens with one attached hydrogen (secondary N) is 1. The summed E-state index contributed by atoms with van der Waals surface area (Å²) in [6.07, 6.45) is 1.84. The Morgan fingerprint density at radius 2 is 1.60 bits per heavy atom. The van der Waals surface area contributed by atoms with Crippen LogP contribution in [0.5, 0.6) is 0 Å². The number of hydrogen-bond acceptors (Lipinski definition) is 7. The van der Waals surface area contributed by atoms with Gasteiger partial charge in [0.05, 0.1) is 11.8 Å². The normalized spacial score (nSPS) is 11.0. The lowest BCUT2D eigenvalue weighted by Gasteiger charge is -2.15. The highest BCUT2D eigenvalue weighted by molar-refractivity contribution is 5.81. The Kier molecular flexibility index (Phi) is 8.99. The van der Waals surface area contributed by atoms with Gasteiger partial charge in [0, 0.05) is 24.2 Å². The van der Waals surface area contributed by atoms with E-state index in [0.717, 1.165) is 27.9 Å². The molecule has 180 valence electrons. The quantitative estimate of drug-likeness (QED) is 0.381. The number of hydrogen-bond donors (Lipinski definition) is 1. The van der Waals surface area contributed by atoms with E-state index in [4.69, 9.17) is 23.5 Å². The minimum atomic E-state index is -0.855. The maximum absolute atomic E-state index is 12.5. The van der Waals surface area contributed by atoms with E-state index in [0.29, 0.717) is 6.42 Å². The van der Waals surface area contributed by atoms with E-state index >= 15 is 0 Å². The van der Waals surface area contributed by atoms with Gasteiger partial charge in [-0.25, -0.2) is 9.59 Å². The summed E-state index contributed by atoms with van der Waals surface area (Å²) in [5.74, 6) is -0.558. The number of carbonyl (C=O) groups is 2. The first kappa shape index (κ1) is 25.0. The lowest BCUT2D eigenvalue weighted by molar-refractivity contribution is -0.191. The molecule has 1 unspecified atom stereocenters. The van der Waals surface area contributed by atoms with Crippen molar-refractivity contribution < 1.29 is 33.1 Å². The summed E-state index contributed by atoms with van der Waals surface area (Å²) >= 11 is 0. The van der Waals surface area contributed by atoms with Crippen LogP contribution < -0.4 is 5.32 Å². The molecule has 0 radical (unpaired) electrons. The molecule has 0 aliphatic carbocycles. The number of furan rings is 1. The molecule has 9 heteroatoms. The predicted octanol–water partition coefficient (Wildman–Crippen LogP) is 4.06. The fourth-order valence-electron chi connectivity index (χ4n) is 3.39. The maximum Gasteiger partial charge on any atom is 0.408 e. The third-order valence-electron chi connectivity index (χ3n) is 5.07. The molecule has 0 aliphatic heterocycles. The minimum Gasteiger partial charge on any atom is -0.463 e. The number of carbonyl (C=O) groups excluding carboxylic acids is 4. The van der Waals surface area contributed by atoms with Gasteiger partial charge in [-0.3, -0.25) is 0 Å². The number of esters is 1. The summed E-state index contributed by atoms with van der Waals surface area (Å²) in [5.41, 5.74) is 4.52. The zero-order valence-corrected chi connectivity index (χ0v) is 19.0. The maximum atomic E-state index is 12.5. The lowest BCUT2D eigenvalue weighted by atomic mass is 10.1. The van der Waals surface area contributed by atoms with Gasteiger partial charge in [-0.15, -0.1) is 0 Å². The number of benzene rings is 2. The molecular formula is C26H24N2O7. The van der Waals surface area contributed by atoms with Crippen LogP contribution in [0.4, 0.5) is 4.79 Å². The van der Waals surface area contributed by atoms with Crippen LogP contribution in [0.15, 0.2) is 83.5 Å². The Hall–Kier alpha value is -4.62. The van der Waals surface area contributed by atoms with Crippen LogP contribution in [0.1, 0.15) is 23.7 Å². The first-order chi connectivity index (χ1) is 17.0. The molecule has 4 aromatic rings. The van der Waals surface area contributed by atoms with Crippen LogP contribution in [-0.2, 0) is 43.6 Å². The molecule has 0 aliphatic rings. The van der Waals surface area contributed by atoms with Gasteiger partial charge >= 0.3 is 18.2 Å². The molecule has 0 saturated heterocycles. The van der Waals surface area contributed by atoms with Crippen LogP contribution in [0.2, 0.25) is 0 Å². The Balaban J connectivity index is 0.00000108. The largest absolute Gasteiger partial charge is 0.463 e. The monoisotopic (exact) mass is 476 g/mol. The van der Waals surface area contributed by atoms with Crippen LogP contribution in [-0.4, -0.2) is 28.8 Å². The smallest absolute Gasteiger partial charge is 0.408 e. The van der Waals surface area contributed by atoms with E-state index in [2.05, 4.69) is 5.32 Å². The number of ether oxygens (including phenoxy) is 2. The molecule has 1 amide bonds. The molecule has 0 saturated carbocycles. The zero-order chi connectivity index (χ0) is 25.0. The molecule has 4 rings (SSSR count). The third-order valence-corrected chi connectivity index (χ3v) is 5.07. The molecule has 0 spiro atoms. The summed E-state index contributed by atoms with van der Waals surface area (Å²) in [7, 11) is 0. The fraction of sp³-hybridized carbons (Fsp3) is 0.192. The van der Waals surface area contributed by atoms with E-state index < -0.39 is 18.1 Å². The molecule has 35 heavy (non-hydrogen) atoms. The first-order valence-electron chi connectivity index (χ1n) is 10.7. The molecule has 2 aromatic heterocycles. The molecule has 0 bridgehead atoms. The van der Waals surface area contributed by atoms with Gasteiger partial charge < -0.3 is 23.8 Å². The van der Waals surface area contributed by atoms with Gasteiger partial charge in [0.25, 0.3) is 0 Å². The number of nitrogens with zero attached hydrogens (tertiary/aromatic N) is 1. The highest BCUT2D eigenvalue weighted by atomic mass is 16.6. The van der Waals surface area contributed by atoms with Crippen molar-refractivity contribution in [3.8, 4) is 0 Å². The SMILES string of the molecule is CC(NC(=O)OCc1ccccc1)C(=O)OCn1c(Cc2ccccc2)cc2occc21.O=C=O. The predicted molar refractivity (Wildman–Crippen MR) is 124 cm³/mol. The van der Waals surface area contributed by atoms with Crippen molar-refractivity contribution in [1.29, 1.82) is 0 Å². The second-order valence-corrected chi connectivity index (χ2v) is 7.50. The summed E-state index contributed by atoms with van der Waals surface area (Å²) in [4.78, 5) is 40.7. The summed E-state index contributed by atoms with van der Waals surface area (Å²) in [6, 6.07) is 22.2. The van der Waals surface area contributed by atoms with Crippen LogP contribution in [0.25, 0.3) is 11.1 Å². The van der Waals surface area contributed by atoms with E-state index in [-0.39, 0.29) is 19.5 Å². The molecule has 2 heterocycles. The molecular weight excluding hydrogens is 452 g/mol. The molecule has 9 nitrogen and oxygen atoms in total. The average Bonchev–Trinajstić information content (AvgIpc) is 3.44. The second kappa shape index (κ2) is 12.6. The fourth-order valence-corrected chi connectivity index (χ4v) is 3.39. The van der Waals surface area contributed by atoms with Crippen molar-refractivity contribution in [3.63, 3.8) is 0 Å². The zero-order valence-electron chi connectivity index (χ0n) is 19.0. The Morgan fingerprint density at radius 3 is 2.26 bits per heavy atom. The van der Waals surface area contributed by atoms with Gasteiger partial charge in [-0.2, -0.15) is 9.59 Å². The van der Waals surface area contributed by atoms with Crippen molar-refractivity contribution in [3.05, 3.63) is 95.9 Å². The van der Waals surface area contributed by atoms with E-state index in [1.807, 2.05) is 77.4 Å². The standard InChI is InChI=1S/C25H24N2O5.CO2/c1-18(26-25(29)31-16-20-10-6-3-7-11-20)24(28)32-17-27-21(14-19-8-4-2-5-9-19)15-23-22(27)12-13-30-23;2-1-3/h2-13,15,18H,14,16-17H2,1H3,(H,26,29);. The van der Waals surface area contributed by atoms with Gasteiger partial charge in [0.1, 0.15) is 12.6 Å². The molecule has 1 N–H and O–H groups in total. The van der Waals surface area contributed by atoms with E-state index in [1.165, 1.54) is 0 Å². The highest BCUT2D eigenvalue weighted by Crippen LogP contribution is 2.23. The number of rotatable bonds is 8. The Bertz CT molecular complexity index is 1270. The van der Waals surface area contributed by atoms with Gasteiger partial charge in [0.15, 0.2) is 12.3 Å². The summed E-state index contributed by atoms with van der Waals surface area (Å²) in [6.45, 7) is 1.69. The minimum absolute atomic E-state index is 0.00904. The van der Waals surface area contributed by atoms with E-state index in [1.54, 1.807) is 13.2 Å². The third kappa shape index (κ3) is 7.18. The Morgan fingerprint density at radius 1 is 0.971 bits per heavy atom. The summed E-state index contributed by atoms with van der Waals surface area (Å²) < 4.78 is 18.0. The number of amides is 1. The first-order valence-corrected chi connectivity index (χ1v) is 10.7. The van der Waals surface area contributed by atoms with Crippen molar-refractivity contribution >= 4 is 29.3 Å². The van der Waals surface area contributed by atoms with Gasteiger partial charge in [-0.05, 0) is 18.1 Å². The van der Waals surface area contributed by atoms with Crippen molar-refractivity contribution in [2.45, 2.75) is 32.7 Å². The van der Waals surface area contributed by atoms with Crippen molar-refractivity contribution in [1.82, 2.24) is 9.88 Å². The average molecular weight is 476 g/mol. The number of fused-ring (bicyclic) bond motifs is 1. The molecule has 2 aromatic carbocycles. The van der Waals surface area contributed by atoms with Crippen LogP contribution in [0, 0.1) is 0 Å². The second-order valence-electron chi connectivity index (χ2n) is 7.50. The van der Waals surface area contributed by atoms with Crippen LogP contribution in [0.3, 0.4) is 0 Å². The topological polar surface area (TPSA) is 117 Å². The van der Waals surface area contributed by atoms with Gasteiger partial charge in [-0.1, -0.05) is 60.7 Å².